The topological polar surface area (TPSA) is 20.3 Å². The average molecular weight is 288 g/mol. The number of rotatable bonds is 1. The summed E-state index contributed by atoms with van der Waals surface area (Å²) in [7, 11) is 0. The zero-order chi connectivity index (χ0) is 11.0. The minimum Gasteiger partial charge on any atom is -0.335 e. The van der Waals surface area contributed by atoms with Crippen LogP contribution in [0.2, 0.25) is 0 Å². The van der Waals surface area contributed by atoms with Gasteiger partial charge >= 0.3 is 0 Å². The molecule has 4 heteroatoms. The summed E-state index contributed by atoms with van der Waals surface area (Å²) in [6, 6.07) is 2.30. The van der Waals surface area contributed by atoms with Gasteiger partial charge in [0.15, 0.2) is 0 Å². The van der Waals surface area contributed by atoms with Crippen molar-refractivity contribution >= 4 is 33.2 Å². The van der Waals surface area contributed by atoms with Crippen LogP contribution in [0.25, 0.3) is 0 Å². The highest BCUT2D eigenvalue weighted by molar-refractivity contribution is 9.10. The van der Waals surface area contributed by atoms with Crippen LogP contribution in [-0.2, 0) is 0 Å². The van der Waals surface area contributed by atoms with E-state index in [1.807, 2.05) is 16.3 Å². The van der Waals surface area contributed by atoms with Crippen LogP contribution in [0, 0.1) is 5.92 Å². The van der Waals surface area contributed by atoms with Gasteiger partial charge in [0.25, 0.3) is 5.91 Å². The molecule has 0 aromatic carbocycles. The molecular weight excluding hydrogens is 274 g/mol. The standard InChI is InChI=1S/C11H14BrNOS/c1-7-3-5-13(8(7)2)11(14)10-9(12)4-6-15-10/h4,6-8H,3,5H2,1-2H3. The lowest BCUT2D eigenvalue weighted by molar-refractivity contribution is 0.0739. The molecule has 1 amide bonds. The second-order valence-electron chi connectivity index (χ2n) is 4.10. The number of amides is 1. The van der Waals surface area contributed by atoms with Gasteiger partial charge in [-0.3, -0.25) is 4.79 Å². The molecule has 0 bridgehead atoms. The lowest BCUT2D eigenvalue weighted by Crippen LogP contribution is -2.35. The number of carbonyl (C=O) groups excluding carboxylic acids is 1. The van der Waals surface area contributed by atoms with Crippen molar-refractivity contribution in [2.24, 2.45) is 5.92 Å². The first kappa shape index (κ1) is 11.1. The molecule has 82 valence electrons. The molecule has 1 saturated heterocycles. The van der Waals surface area contributed by atoms with Crippen LogP contribution in [0.4, 0.5) is 0 Å². The number of hydrogen-bond donors (Lipinski definition) is 0. The molecule has 1 aliphatic heterocycles. The predicted molar refractivity (Wildman–Crippen MR) is 66.3 cm³/mol. The Morgan fingerprint density at radius 1 is 1.60 bits per heavy atom. The minimum atomic E-state index is 0.175. The molecule has 1 aliphatic rings. The first-order chi connectivity index (χ1) is 7.11. The Morgan fingerprint density at radius 3 is 2.80 bits per heavy atom. The number of halogens is 1. The largest absolute Gasteiger partial charge is 0.335 e. The van der Waals surface area contributed by atoms with Crippen LogP contribution >= 0.6 is 27.3 Å². The Labute approximate surface area is 102 Å². The normalized spacial score (nSPS) is 25.9. The Morgan fingerprint density at radius 2 is 2.33 bits per heavy atom. The van der Waals surface area contributed by atoms with Crippen molar-refractivity contribution in [3.63, 3.8) is 0 Å². The van der Waals surface area contributed by atoms with Crippen LogP contribution in [0.3, 0.4) is 0 Å². The van der Waals surface area contributed by atoms with Gasteiger partial charge in [-0.1, -0.05) is 6.92 Å². The minimum absolute atomic E-state index is 0.175. The van der Waals surface area contributed by atoms with Crippen LogP contribution in [0.5, 0.6) is 0 Å². The molecule has 2 unspecified atom stereocenters. The number of hydrogen-bond acceptors (Lipinski definition) is 2. The maximum Gasteiger partial charge on any atom is 0.265 e. The molecule has 1 aromatic heterocycles. The third-order valence-corrected chi connectivity index (χ3v) is 5.04. The second kappa shape index (κ2) is 4.26. The smallest absolute Gasteiger partial charge is 0.265 e. The van der Waals surface area contributed by atoms with Crippen molar-refractivity contribution < 1.29 is 4.79 Å². The van der Waals surface area contributed by atoms with E-state index in [1.54, 1.807) is 0 Å². The summed E-state index contributed by atoms with van der Waals surface area (Å²) in [5.41, 5.74) is 0. The van der Waals surface area contributed by atoms with Gasteiger partial charge in [-0.2, -0.15) is 0 Å². The number of likely N-dealkylation sites (tertiary alicyclic amines) is 1. The Kier molecular flexibility index (Phi) is 3.16. The van der Waals surface area contributed by atoms with E-state index >= 15 is 0 Å². The average Bonchev–Trinajstić information content (AvgIpc) is 2.75. The van der Waals surface area contributed by atoms with E-state index in [0.29, 0.717) is 12.0 Å². The summed E-state index contributed by atoms with van der Waals surface area (Å²) in [5.74, 6) is 0.793. The zero-order valence-electron chi connectivity index (χ0n) is 8.87. The first-order valence-electron chi connectivity index (χ1n) is 5.15. The highest BCUT2D eigenvalue weighted by atomic mass is 79.9. The van der Waals surface area contributed by atoms with E-state index in [9.17, 15) is 4.79 Å². The van der Waals surface area contributed by atoms with Crippen LogP contribution in [0.15, 0.2) is 15.9 Å². The quantitative estimate of drug-likeness (QED) is 0.775. The van der Waals surface area contributed by atoms with E-state index in [1.165, 1.54) is 11.3 Å². The van der Waals surface area contributed by atoms with Gasteiger partial charge in [-0.15, -0.1) is 11.3 Å². The van der Waals surface area contributed by atoms with Gasteiger partial charge in [0.2, 0.25) is 0 Å². The van der Waals surface area contributed by atoms with Crippen LogP contribution in [0.1, 0.15) is 29.9 Å². The summed E-state index contributed by atoms with van der Waals surface area (Å²) in [6.45, 7) is 5.24. The summed E-state index contributed by atoms with van der Waals surface area (Å²) < 4.78 is 0.921. The van der Waals surface area contributed by atoms with E-state index in [2.05, 4.69) is 29.8 Å². The molecule has 15 heavy (non-hydrogen) atoms. The molecule has 0 saturated carbocycles. The number of carbonyl (C=O) groups is 1. The summed E-state index contributed by atoms with van der Waals surface area (Å²) in [6.07, 6.45) is 1.12. The van der Waals surface area contributed by atoms with Crippen molar-refractivity contribution in [2.75, 3.05) is 6.54 Å². The first-order valence-corrected chi connectivity index (χ1v) is 6.82. The van der Waals surface area contributed by atoms with Crippen molar-refractivity contribution in [1.82, 2.24) is 4.90 Å². The van der Waals surface area contributed by atoms with Gasteiger partial charge < -0.3 is 4.90 Å². The van der Waals surface area contributed by atoms with Gasteiger partial charge in [0.05, 0.1) is 0 Å². The van der Waals surface area contributed by atoms with Gasteiger partial charge in [-0.05, 0) is 46.6 Å². The van der Waals surface area contributed by atoms with E-state index in [4.69, 9.17) is 0 Å². The highest BCUT2D eigenvalue weighted by Gasteiger charge is 2.32. The van der Waals surface area contributed by atoms with Crippen molar-refractivity contribution in [3.05, 3.63) is 20.8 Å². The van der Waals surface area contributed by atoms with Gasteiger partial charge in [0.1, 0.15) is 4.88 Å². The fraction of sp³-hybridized carbons (Fsp3) is 0.545. The molecule has 1 aromatic rings. The van der Waals surface area contributed by atoms with Crippen molar-refractivity contribution in [2.45, 2.75) is 26.3 Å². The summed E-state index contributed by atoms with van der Waals surface area (Å²) >= 11 is 4.92. The zero-order valence-corrected chi connectivity index (χ0v) is 11.3. The molecule has 1 fully saturated rings. The maximum atomic E-state index is 12.2. The molecule has 2 atom stereocenters. The molecule has 2 rings (SSSR count). The fourth-order valence-corrected chi connectivity index (χ4v) is 3.45. The van der Waals surface area contributed by atoms with Crippen molar-refractivity contribution in [1.29, 1.82) is 0 Å². The predicted octanol–water partition coefficient (Wildman–Crippen LogP) is 3.38. The van der Waals surface area contributed by atoms with Gasteiger partial charge in [-0.25, -0.2) is 0 Å². The molecule has 0 N–H and O–H groups in total. The van der Waals surface area contributed by atoms with Crippen LogP contribution < -0.4 is 0 Å². The molecule has 2 heterocycles. The Bertz CT molecular complexity index is 376. The summed E-state index contributed by atoms with van der Waals surface area (Å²) in [5, 5.41) is 1.95. The third-order valence-electron chi connectivity index (χ3n) is 3.21. The number of nitrogens with zero attached hydrogens (tertiary/aromatic N) is 1. The monoisotopic (exact) mass is 287 g/mol. The fourth-order valence-electron chi connectivity index (χ4n) is 1.96. The lowest BCUT2D eigenvalue weighted by atomic mass is 10.1. The molecular formula is C11H14BrNOS. The number of thiophene rings is 1. The highest BCUT2D eigenvalue weighted by Crippen LogP contribution is 2.29. The summed E-state index contributed by atoms with van der Waals surface area (Å²) in [4.78, 5) is 15.0. The molecule has 0 spiro atoms. The maximum absolute atomic E-state index is 12.2. The molecule has 0 aliphatic carbocycles. The van der Waals surface area contributed by atoms with Crippen molar-refractivity contribution in [3.8, 4) is 0 Å². The lowest BCUT2D eigenvalue weighted by Gasteiger charge is -2.22. The molecule has 0 radical (unpaired) electrons. The van der Waals surface area contributed by atoms with Crippen LogP contribution in [-0.4, -0.2) is 23.4 Å². The van der Waals surface area contributed by atoms with E-state index in [0.717, 1.165) is 22.3 Å². The van der Waals surface area contributed by atoms with Gasteiger partial charge in [0, 0.05) is 17.1 Å². The van der Waals surface area contributed by atoms with E-state index < -0.39 is 0 Å². The Balaban J connectivity index is 2.19. The Hall–Kier alpha value is -0.350. The SMILES string of the molecule is CC1CCN(C(=O)c2sccc2Br)C1C. The third kappa shape index (κ3) is 1.97. The van der Waals surface area contributed by atoms with E-state index in [-0.39, 0.29) is 5.91 Å². The second-order valence-corrected chi connectivity index (χ2v) is 5.87. The molecule has 2 nitrogen and oxygen atoms in total.